The molecule has 162 valence electrons. The number of ether oxygens (including phenoxy) is 2. The lowest BCUT2D eigenvalue weighted by Crippen LogP contribution is -2.51. The van der Waals surface area contributed by atoms with Crippen LogP contribution in [0.25, 0.3) is 0 Å². The molecular formula is C25H33BrNO3+. The van der Waals surface area contributed by atoms with E-state index in [4.69, 9.17) is 9.47 Å². The number of nitrogens with zero attached hydrogens (tertiary/aromatic N) is 1. The molecule has 0 saturated carbocycles. The number of quaternary nitrogens is 1. The van der Waals surface area contributed by atoms with Crippen LogP contribution in [-0.2, 0) is 17.9 Å². The number of hydrogen-bond acceptors (Lipinski definition) is 3. The molecule has 0 bridgehead atoms. The minimum absolute atomic E-state index is 0.00341. The lowest BCUT2D eigenvalue weighted by atomic mass is 10.0. The maximum absolute atomic E-state index is 11.6. The van der Waals surface area contributed by atoms with E-state index < -0.39 is 0 Å². The van der Waals surface area contributed by atoms with Gasteiger partial charge in [-0.1, -0.05) is 51.1 Å². The summed E-state index contributed by atoms with van der Waals surface area (Å²) in [5.74, 6) is 2.11. The van der Waals surface area contributed by atoms with Gasteiger partial charge in [0, 0.05) is 23.5 Å². The fraction of sp³-hybridized carbons (Fsp3) is 0.480. The first-order chi connectivity index (χ1) is 14.4. The SMILES string of the molecule is CC(C)C[N+](Cc1ccccc1)(Cc1cc(Br)c2c(c1)OCCCO2)CC(C)C=O. The van der Waals surface area contributed by atoms with E-state index in [1.807, 2.05) is 6.92 Å². The molecule has 2 atom stereocenters. The third kappa shape index (κ3) is 6.08. The zero-order valence-electron chi connectivity index (χ0n) is 18.3. The Hall–Kier alpha value is -1.85. The summed E-state index contributed by atoms with van der Waals surface area (Å²) in [6, 6.07) is 14.9. The second kappa shape index (κ2) is 10.5. The molecule has 1 aliphatic rings. The molecule has 2 aromatic rings. The van der Waals surface area contributed by atoms with E-state index in [1.54, 1.807) is 0 Å². The smallest absolute Gasteiger partial charge is 0.175 e. The van der Waals surface area contributed by atoms with Crippen molar-refractivity contribution in [1.29, 1.82) is 0 Å². The molecule has 0 aliphatic carbocycles. The monoisotopic (exact) mass is 474 g/mol. The van der Waals surface area contributed by atoms with Gasteiger partial charge in [0.25, 0.3) is 0 Å². The average Bonchev–Trinajstić information content (AvgIpc) is 2.94. The van der Waals surface area contributed by atoms with Gasteiger partial charge in [0.05, 0.1) is 36.7 Å². The summed E-state index contributed by atoms with van der Waals surface area (Å²) in [6.45, 7) is 11.4. The number of benzene rings is 2. The number of carbonyl (C=O) groups is 1. The Kier molecular flexibility index (Phi) is 7.95. The summed E-state index contributed by atoms with van der Waals surface area (Å²) in [5, 5.41) is 0. The van der Waals surface area contributed by atoms with Crippen LogP contribution >= 0.6 is 15.9 Å². The summed E-state index contributed by atoms with van der Waals surface area (Å²) >= 11 is 3.69. The third-order valence-corrected chi connectivity index (χ3v) is 5.99. The first-order valence-electron chi connectivity index (χ1n) is 10.8. The number of fused-ring (bicyclic) bond motifs is 1. The van der Waals surface area contributed by atoms with Gasteiger partial charge in [-0.2, -0.15) is 0 Å². The average molecular weight is 475 g/mol. The Morgan fingerprint density at radius 1 is 1.00 bits per heavy atom. The van der Waals surface area contributed by atoms with Crippen molar-refractivity contribution in [2.24, 2.45) is 11.8 Å². The molecule has 0 fully saturated rings. The van der Waals surface area contributed by atoms with Crippen LogP contribution in [0, 0.1) is 11.8 Å². The molecule has 0 spiro atoms. The van der Waals surface area contributed by atoms with Crippen molar-refractivity contribution in [2.75, 3.05) is 26.3 Å². The van der Waals surface area contributed by atoms with Crippen LogP contribution in [0.1, 0.15) is 38.3 Å². The van der Waals surface area contributed by atoms with Gasteiger partial charge >= 0.3 is 0 Å². The molecule has 0 radical (unpaired) electrons. The molecule has 5 heteroatoms. The first-order valence-corrected chi connectivity index (χ1v) is 11.6. The van der Waals surface area contributed by atoms with Crippen LogP contribution in [0.3, 0.4) is 0 Å². The summed E-state index contributed by atoms with van der Waals surface area (Å²) in [5.41, 5.74) is 2.49. The lowest BCUT2D eigenvalue weighted by molar-refractivity contribution is -0.958. The summed E-state index contributed by atoms with van der Waals surface area (Å²) in [7, 11) is 0. The molecule has 0 aromatic heterocycles. The van der Waals surface area contributed by atoms with E-state index >= 15 is 0 Å². The van der Waals surface area contributed by atoms with E-state index in [0.29, 0.717) is 19.1 Å². The molecule has 0 amide bonds. The fourth-order valence-electron chi connectivity index (χ4n) is 4.55. The maximum atomic E-state index is 11.6. The molecule has 3 rings (SSSR count). The molecule has 4 nitrogen and oxygen atoms in total. The molecule has 0 N–H and O–H groups in total. The summed E-state index contributed by atoms with van der Waals surface area (Å²) in [4.78, 5) is 11.6. The molecule has 2 unspecified atom stereocenters. The van der Waals surface area contributed by atoms with Gasteiger partial charge in [-0.3, -0.25) is 0 Å². The zero-order valence-corrected chi connectivity index (χ0v) is 19.9. The highest BCUT2D eigenvalue weighted by atomic mass is 79.9. The lowest BCUT2D eigenvalue weighted by Gasteiger charge is -2.41. The van der Waals surface area contributed by atoms with Crippen LogP contribution in [0.2, 0.25) is 0 Å². The fourth-order valence-corrected chi connectivity index (χ4v) is 5.15. The van der Waals surface area contributed by atoms with Gasteiger partial charge in [0.1, 0.15) is 19.4 Å². The predicted molar refractivity (Wildman–Crippen MR) is 124 cm³/mol. The molecule has 30 heavy (non-hydrogen) atoms. The Morgan fingerprint density at radius 2 is 1.70 bits per heavy atom. The molecule has 0 saturated heterocycles. The zero-order chi connectivity index (χ0) is 21.6. The third-order valence-electron chi connectivity index (χ3n) is 5.40. The van der Waals surface area contributed by atoms with Gasteiger partial charge in [-0.15, -0.1) is 0 Å². The highest BCUT2D eigenvalue weighted by molar-refractivity contribution is 9.10. The van der Waals surface area contributed by atoms with Crippen LogP contribution in [0.4, 0.5) is 0 Å². The van der Waals surface area contributed by atoms with Gasteiger partial charge in [-0.25, -0.2) is 0 Å². The Labute approximate surface area is 188 Å². The summed E-state index contributed by atoms with van der Waals surface area (Å²) < 4.78 is 13.6. The van der Waals surface area contributed by atoms with Gasteiger partial charge in [-0.05, 0) is 28.1 Å². The second-order valence-corrected chi connectivity index (χ2v) is 9.83. The van der Waals surface area contributed by atoms with E-state index in [9.17, 15) is 4.79 Å². The van der Waals surface area contributed by atoms with Crippen molar-refractivity contribution in [3.63, 3.8) is 0 Å². The van der Waals surface area contributed by atoms with Gasteiger partial charge in [0.15, 0.2) is 11.5 Å². The summed E-state index contributed by atoms with van der Waals surface area (Å²) in [6.07, 6.45) is 1.97. The van der Waals surface area contributed by atoms with Gasteiger partial charge < -0.3 is 18.8 Å². The van der Waals surface area contributed by atoms with Crippen molar-refractivity contribution in [2.45, 2.75) is 40.3 Å². The minimum atomic E-state index is -0.00341. The Bertz CT molecular complexity index is 840. The standard InChI is InChI=1S/C25H33BrNO3/c1-19(2)14-27(15-20(3)18-28,16-21-8-5-4-6-9-21)17-22-12-23(26)25-24(13-22)29-10-7-11-30-25/h4-6,8-9,12-13,18-20H,7,10-11,14-17H2,1-3H3/q+1. The van der Waals surface area contributed by atoms with Crippen LogP contribution in [0.15, 0.2) is 46.9 Å². The van der Waals surface area contributed by atoms with Crippen molar-refractivity contribution >= 4 is 22.2 Å². The van der Waals surface area contributed by atoms with Crippen LogP contribution in [0.5, 0.6) is 11.5 Å². The Morgan fingerprint density at radius 3 is 2.40 bits per heavy atom. The minimum Gasteiger partial charge on any atom is -0.490 e. The highest BCUT2D eigenvalue weighted by Gasteiger charge is 2.32. The predicted octanol–water partition coefficient (Wildman–Crippen LogP) is 5.62. The van der Waals surface area contributed by atoms with Crippen molar-refractivity contribution in [3.05, 3.63) is 58.1 Å². The maximum Gasteiger partial charge on any atom is 0.175 e. The molecular weight excluding hydrogens is 442 g/mol. The number of hydrogen-bond donors (Lipinski definition) is 0. The van der Waals surface area contributed by atoms with Crippen molar-refractivity contribution in [1.82, 2.24) is 0 Å². The van der Waals surface area contributed by atoms with E-state index in [-0.39, 0.29) is 5.92 Å². The molecule has 1 aliphatic heterocycles. The number of carbonyl (C=O) groups excluding carboxylic acids is 1. The number of rotatable bonds is 9. The van der Waals surface area contributed by atoms with E-state index in [2.05, 4.69) is 72.2 Å². The van der Waals surface area contributed by atoms with Crippen molar-refractivity contribution in [3.8, 4) is 11.5 Å². The van der Waals surface area contributed by atoms with E-state index in [1.165, 1.54) is 11.1 Å². The van der Waals surface area contributed by atoms with E-state index in [0.717, 1.165) is 59.3 Å². The largest absolute Gasteiger partial charge is 0.490 e. The molecule has 1 heterocycles. The molecule has 2 aromatic carbocycles. The normalized spacial score (nSPS) is 16.6. The van der Waals surface area contributed by atoms with Crippen LogP contribution in [-0.4, -0.2) is 37.1 Å². The topological polar surface area (TPSA) is 35.5 Å². The number of halogens is 1. The number of aldehydes is 1. The Balaban J connectivity index is 1.99. The highest BCUT2D eigenvalue weighted by Crippen LogP contribution is 2.39. The van der Waals surface area contributed by atoms with Gasteiger partial charge in [0.2, 0.25) is 0 Å². The quantitative estimate of drug-likeness (QED) is 0.349. The van der Waals surface area contributed by atoms with Crippen LogP contribution < -0.4 is 9.47 Å². The van der Waals surface area contributed by atoms with Crippen molar-refractivity contribution < 1.29 is 18.8 Å². The second-order valence-electron chi connectivity index (χ2n) is 8.97. The first kappa shape index (κ1) is 22.8.